The quantitative estimate of drug-likeness (QED) is 0.289. The SMILES string of the molecule is COc1cccc(OC)c1-c1cc(C(=O)N[C@@H](C=Cc2ccc(F)cc2)CC(=O)OC(C)(C)C)nn1C1CCCC1. The number of carbonyl (C=O) groups excluding carboxylic acids is 2. The Hall–Kier alpha value is -4.14. The van der Waals surface area contributed by atoms with Gasteiger partial charge in [0.15, 0.2) is 5.69 Å². The molecule has 9 heteroatoms. The number of rotatable bonds is 10. The number of esters is 1. The van der Waals surface area contributed by atoms with Crippen LogP contribution in [-0.4, -0.2) is 47.5 Å². The molecule has 218 valence electrons. The van der Waals surface area contributed by atoms with E-state index in [0.29, 0.717) is 11.5 Å². The fraction of sp³-hybridized carbons (Fsp3) is 0.406. The summed E-state index contributed by atoms with van der Waals surface area (Å²) in [6, 6.07) is 12.7. The van der Waals surface area contributed by atoms with E-state index in [4.69, 9.17) is 19.3 Å². The smallest absolute Gasteiger partial charge is 0.308 e. The van der Waals surface area contributed by atoms with Crippen LogP contribution in [0, 0.1) is 5.82 Å². The van der Waals surface area contributed by atoms with Crippen LogP contribution in [0.5, 0.6) is 11.5 Å². The lowest BCUT2D eigenvalue weighted by Gasteiger charge is -2.21. The van der Waals surface area contributed by atoms with Crippen LogP contribution in [0.2, 0.25) is 0 Å². The van der Waals surface area contributed by atoms with Crippen molar-refractivity contribution in [3.8, 4) is 22.8 Å². The summed E-state index contributed by atoms with van der Waals surface area (Å²) in [6.07, 6.45) is 7.42. The first kappa shape index (κ1) is 29.8. The zero-order valence-electron chi connectivity index (χ0n) is 24.3. The van der Waals surface area contributed by atoms with Crippen LogP contribution in [0.25, 0.3) is 17.3 Å². The van der Waals surface area contributed by atoms with Gasteiger partial charge < -0.3 is 19.5 Å². The van der Waals surface area contributed by atoms with Crippen molar-refractivity contribution in [1.82, 2.24) is 15.1 Å². The number of ether oxygens (including phenoxy) is 3. The van der Waals surface area contributed by atoms with Crippen molar-refractivity contribution in [2.75, 3.05) is 14.2 Å². The van der Waals surface area contributed by atoms with E-state index in [2.05, 4.69) is 5.32 Å². The maximum absolute atomic E-state index is 13.6. The van der Waals surface area contributed by atoms with Crippen LogP contribution in [-0.2, 0) is 9.53 Å². The first-order valence-corrected chi connectivity index (χ1v) is 13.9. The first-order chi connectivity index (χ1) is 19.6. The monoisotopic (exact) mass is 563 g/mol. The molecule has 1 saturated carbocycles. The molecule has 1 heterocycles. The van der Waals surface area contributed by atoms with Crippen molar-refractivity contribution in [3.05, 3.63) is 71.7 Å². The highest BCUT2D eigenvalue weighted by molar-refractivity contribution is 5.94. The molecule has 0 unspecified atom stereocenters. The number of carbonyl (C=O) groups is 2. The maximum atomic E-state index is 13.6. The lowest BCUT2D eigenvalue weighted by Crippen LogP contribution is -2.37. The Bertz CT molecular complexity index is 1360. The Labute approximate surface area is 240 Å². The van der Waals surface area contributed by atoms with E-state index in [1.165, 1.54) is 12.1 Å². The molecule has 1 N–H and O–H groups in total. The lowest BCUT2D eigenvalue weighted by atomic mass is 10.1. The minimum absolute atomic E-state index is 0.0861. The molecule has 0 radical (unpaired) electrons. The summed E-state index contributed by atoms with van der Waals surface area (Å²) in [5, 5.41) is 7.68. The fourth-order valence-electron chi connectivity index (χ4n) is 5.00. The van der Waals surface area contributed by atoms with Crippen molar-refractivity contribution >= 4 is 18.0 Å². The molecule has 0 saturated heterocycles. The highest BCUT2D eigenvalue weighted by Gasteiger charge is 2.28. The first-order valence-electron chi connectivity index (χ1n) is 13.9. The van der Waals surface area contributed by atoms with E-state index in [-0.39, 0.29) is 24.0 Å². The third kappa shape index (κ3) is 7.74. The Balaban J connectivity index is 1.67. The van der Waals surface area contributed by atoms with Crippen molar-refractivity contribution in [1.29, 1.82) is 0 Å². The molecule has 1 atom stereocenters. The van der Waals surface area contributed by atoms with Crippen LogP contribution in [0.15, 0.2) is 54.6 Å². The molecule has 1 fully saturated rings. The second-order valence-corrected chi connectivity index (χ2v) is 11.1. The van der Waals surface area contributed by atoms with Crippen LogP contribution < -0.4 is 14.8 Å². The molecule has 41 heavy (non-hydrogen) atoms. The minimum atomic E-state index is -0.691. The molecule has 4 rings (SSSR count). The highest BCUT2D eigenvalue weighted by Crippen LogP contribution is 2.41. The average molecular weight is 564 g/mol. The van der Waals surface area contributed by atoms with Gasteiger partial charge in [0, 0.05) is 0 Å². The molecule has 1 aliphatic rings. The van der Waals surface area contributed by atoms with Crippen LogP contribution >= 0.6 is 0 Å². The van der Waals surface area contributed by atoms with Crippen molar-refractivity contribution in [2.24, 2.45) is 0 Å². The number of nitrogens with one attached hydrogen (secondary N) is 1. The molecule has 3 aromatic rings. The highest BCUT2D eigenvalue weighted by atomic mass is 19.1. The van der Waals surface area contributed by atoms with E-state index in [9.17, 15) is 14.0 Å². The van der Waals surface area contributed by atoms with Gasteiger partial charge >= 0.3 is 5.97 Å². The predicted molar refractivity (Wildman–Crippen MR) is 155 cm³/mol. The Morgan fingerprint density at radius 1 is 1.07 bits per heavy atom. The number of halogens is 1. The number of hydrogen-bond donors (Lipinski definition) is 1. The summed E-state index contributed by atoms with van der Waals surface area (Å²) < 4.78 is 32.1. The molecular formula is C32H38FN3O5. The number of hydrogen-bond acceptors (Lipinski definition) is 6. The zero-order valence-corrected chi connectivity index (χ0v) is 24.3. The standard InChI is InChI=1S/C32H38FN3O5/c1-32(2,3)41-29(37)19-23(18-15-21-13-16-22(33)17-14-21)34-31(38)25-20-26(36(35-25)24-9-6-7-10-24)30-27(39-4)11-8-12-28(30)40-5/h8,11-18,20,23-24H,6-7,9-10,19H2,1-5H3,(H,34,38)/t23-/m0/s1. The van der Waals surface area contributed by atoms with E-state index >= 15 is 0 Å². The number of benzene rings is 2. The Morgan fingerprint density at radius 2 is 1.71 bits per heavy atom. The molecular weight excluding hydrogens is 525 g/mol. The summed E-state index contributed by atoms with van der Waals surface area (Å²) in [6.45, 7) is 5.36. The Morgan fingerprint density at radius 3 is 2.29 bits per heavy atom. The van der Waals surface area contributed by atoms with Gasteiger partial charge in [-0.2, -0.15) is 5.10 Å². The number of methoxy groups -OCH3 is 2. The van der Waals surface area contributed by atoms with Crippen molar-refractivity contribution < 1.29 is 28.2 Å². The summed E-state index contributed by atoms with van der Waals surface area (Å²) in [4.78, 5) is 26.3. The third-order valence-corrected chi connectivity index (χ3v) is 6.84. The molecule has 8 nitrogen and oxygen atoms in total. The number of amides is 1. The second-order valence-electron chi connectivity index (χ2n) is 11.1. The van der Waals surface area contributed by atoms with Gasteiger partial charge in [-0.1, -0.05) is 43.2 Å². The molecule has 1 amide bonds. The summed E-state index contributed by atoms with van der Waals surface area (Å²) in [7, 11) is 3.19. The third-order valence-electron chi connectivity index (χ3n) is 6.84. The summed E-state index contributed by atoms with van der Waals surface area (Å²) >= 11 is 0. The number of aromatic nitrogens is 2. The van der Waals surface area contributed by atoms with Gasteiger partial charge in [-0.25, -0.2) is 4.39 Å². The van der Waals surface area contributed by atoms with E-state index in [0.717, 1.165) is 42.5 Å². The van der Waals surface area contributed by atoms with Crippen molar-refractivity contribution in [2.45, 2.75) is 70.6 Å². The molecule has 0 spiro atoms. The van der Waals surface area contributed by atoms with Crippen molar-refractivity contribution in [3.63, 3.8) is 0 Å². The topological polar surface area (TPSA) is 91.7 Å². The molecule has 1 aliphatic carbocycles. The molecule has 0 bridgehead atoms. The van der Waals surface area contributed by atoms with E-state index in [1.807, 2.05) is 22.9 Å². The van der Waals surface area contributed by atoms with E-state index in [1.54, 1.807) is 65.3 Å². The maximum Gasteiger partial charge on any atom is 0.308 e. The van der Waals surface area contributed by atoms with Crippen LogP contribution in [0.4, 0.5) is 4.39 Å². The van der Waals surface area contributed by atoms with E-state index < -0.39 is 23.5 Å². The van der Waals surface area contributed by atoms with Crippen LogP contribution in [0.3, 0.4) is 0 Å². The molecule has 1 aromatic heterocycles. The second kappa shape index (κ2) is 13.0. The predicted octanol–water partition coefficient (Wildman–Crippen LogP) is 6.37. The Kier molecular flexibility index (Phi) is 9.47. The molecule has 2 aromatic carbocycles. The lowest BCUT2D eigenvalue weighted by molar-refractivity contribution is -0.155. The number of nitrogens with zero attached hydrogens (tertiary/aromatic N) is 2. The van der Waals surface area contributed by atoms with Gasteiger partial charge in [0.2, 0.25) is 0 Å². The van der Waals surface area contributed by atoms with Gasteiger partial charge in [-0.05, 0) is 69.5 Å². The van der Waals surface area contributed by atoms with Gasteiger partial charge in [0.25, 0.3) is 5.91 Å². The molecule has 0 aliphatic heterocycles. The van der Waals surface area contributed by atoms with Gasteiger partial charge in [0.1, 0.15) is 22.9 Å². The van der Waals surface area contributed by atoms with Gasteiger partial charge in [0.05, 0.1) is 44.0 Å². The summed E-state index contributed by atoms with van der Waals surface area (Å²) in [5.41, 5.74) is 1.71. The summed E-state index contributed by atoms with van der Waals surface area (Å²) in [5.74, 6) is -0.0151. The largest absolute Gasteiger partial charge is 0.496 e. The minimum Gasteiger partial charge on any atom is -0.496 e. The zero-order chi connectivity index (χ0) is 29.6. The van der Waals surface area contributed by atoms with Crippen LogP contribution in [0.1, 0.15) is 75.0 Å². The fourth-order valence-corrected chi connectivity index (χ4v) is 5.00. The van der Waals surface area contributed by atoms with Gasteiger partial charge in [-0.3, -0.25) is 14.3 Å². The average Bonchev–Trinajstić information content (AvgIpc) is 3.61. The van der Waals surface area contributed by atoms with Gasteiger partial charge in [-0.15, -0.1) is 0 Å². The normalized spacial score (nSPS) is 14.7.